The number of carbonyl (C=O) groups is 1. The summed E-state index contributed by atoms with van der Waals surface area (Å²) in [5, 5.41) is 0. The van der Waals surface area contributed by atoms with E-state index in [1.165, 1.54) is 18.4 Å². The summed E-state index contributed by atoms with van der Waals surface area (Å²) in [7, 11) is 0. The Kier molecular flexibility index (Phi) is 5.56. The highest BCUT2D eigenvalue weighted by Crippen LogP contribution is 2.73. The van der Waals surface area contributed by atoms with Crippen molar-refractivity contribution in [3.05, 3.63) is 35.9 Å². The zero-order valence-corrected chi connectivity index (χ0v) is 18.7. The molecule has 6 rings (SSSR count). The maximum atomic E-state index is 13.7. The predicted octanol–water partition coefficient (Wildman–Crippen LogP) is 5.49. The molecule has 5 unspecified atom stereocenters. The van der Waals surface area contributed by atoms with Crippen LogP contribution in [-0.4, -0.2) is 24.0 Å². The maximum Gasteiger partial charge on any atom is 0.251 e. The van der Waals surface area contributed by atoms with Crippen LogP contribution in [0.1, 0.15) is 69.8 Å². The third-order valence-electron chi connectivity index (χ3n) is 9.08. The number of benzene rings is 1. The summed E-state index contributed by atoms with van der Waals surface area (Å²) < 4.78 is 0. The Balaban J connectivity index is 1.41. The van der Waals surface area contributed by atoms with Crippen LogP contribution in [-0.2, 0) is 10.2 Å². The first-order valence-electron chi connectivity index (χ1n) is 12.0. The summed E-state index contributed by atoms with van der Waals surface area (Å²) in [5.74, 6) is 3.10. The number of carbonyl (C=O) groups excluding carboxylic acids is 1. The Morgan fingerprint density at radius 3 is 2.63 bits per heavy atom. The average Bonchev–Trinajstić information content (AvgIpc) is 3.14. The first-order chi connectivity index (χ1) is 14.6. The van der Waals surface area contributed by atoms with Crippen LogP contribution >= 0.6 is 11.6 Å². The molecular formula is C26H35ClN2O. The maximum absolute atomic E-state index is 13.7. The van der Waals surface area contributed by atoms with Crippen molar-refractivity contribution >= 4 is 23.7 Å². The minimum atomic E-state index is -0.239. The number of hydrogen-bond acceptors (Lipinski definition) is 2. The van der Waals surface area contributed by atoms with E-state index in [4.69, 9.17) is 17.3 Å². The SMILES string of the molecule is NC1CCC(C=NC(=O)C23CC4CC(c5ccccc5)(CC2C4CCCCl)C3)CC1. The van der Waals surface area contributed by atoms with E-state index in [1.54, 1.807) is 0 Å². The van der Waals surface area contributed by atoms with Gasteiger partial charge >= 0.3 is 0 Å². The van der Waals surface area contributed by atoms with E-state index in [-0.39, 0.29) is 16.7 Å². The predicted molar refractivity (Wildman–Crippen MR) is 123 cm³/mol. The molecule has 1 amide bonds. The van der Waals surface area contributed by atoms with E-state index in [0.717, 1.165) is 57.2 Å². The van der Waals surface area contributed by atoms with E-state index in [1.807, 2.05) is 6.21 Å². The summed E-state index contributed by atoms with van der Waals surface area (Å²) in [4.78, 5) is 18.3. The molecule has 1 aromatic carbocycles. The van der Waals surface area contributed by atoms with Gasteiger partial charge < -0.3 is 5.73 Å². The number of alkyl halides is 1. The average molecular weight is 427 g/mol. The van der Waals surface area contributed by atoms with Crippen LogP contribution in [0.3, 0.4) is 0 Å². The van der Waals surface area contributed by atoms with Gasteiger partial charge in [-0.1, -0.05) is 30.3 Å². The molecule has 5 aliphatic rings. The summed E-state index contributed by atoms with van der Waals surface area (Å²) in [5.41, 5.74) is 7.42. The number of rotatable bonds is 6. The lowest BCUT2D eigenvalue weighted by Crippen LogP contribution is -2.37. The third-order valence-corrected chi connectivity index (χ3v) is 9.35. The topological polar surface area (TPSA) is 55.4 Å². The van der Waals surface area contributed by atoms with Crippen molar-refractivity contribution in [2.75, 3.05) is 5.88 Å². The van der Waals surface area contributed by atoms with Crippen LogP contribution in [0.15, 0.2) is 35.3 Å². The zero-order chi connectivity index (χ0) is 20.8. The van der Waals surface area contributed by atoms with Gasteiger partial charge in [0.1, 0.15) is 0 Å². The van der Waals surface area contributed by atoms with Gasteiger partial charge in [0.05, 0.1) is 5.41 Å². The molecule has 4 heteroatoms. The monoisotopic (exact) mass is 426 g/mol. The normalized spacial score (nSPS) is 42.3. The summed E-state index contributed by atoms with van der Waals surface area (Å²) in [6.45, 7) is 0. The molecule has 0 heterocycles. The molecule has 5 atom stereocenters. The number of nitrogens with zero attached hydrogens (tertiary/aromatic N) is 1. The molecule has 0 aromatic heterocycles. The first-order valence-corrected chi connectivity index (χ1v) is 12.6. The van der Waals surface area contributed by atoms with Crippen molar-refractivity contribution in [2.45, 2.75) is 75.7 Å². The summed E-state index contributed by atoms with van der Waals surface area (Å²) in [6, 6.07) is 11.3. The summed E-state index contributed by atoms with van der Waals surface area (Å²) in [6.07, 6.45) is 12.9. The van der Waals surface area contributed by atoms with Crippen LogP contribution in [0, 0.1) is 29.1 Å². The second kappa shape index (κ2) is 8.06. The molecule has 162 valence electrons. The smallest absolute Gasteiger partial charge is 0.251 e. The van der Waals surface area contributed by atoms with Crippen LogP contribution < -0.4 is 5.73 Å². The number of nitrogens with two attached hydrogens (primary N) is 1. The first kappa shape index (κ1) is 20.7. The second-order valence-electron chi connectivity index (χ2n) is 10.7. The molecule has 0 spiro atoms. The Labute approximate surface area is 185 Å². The highest BCUT2D eigenvalue weighted by molar-refractivity contribution is 6.17. The fraction of sp³-hybridized carbons (Fsp3) is 0.692. The van der Waals surface area contributed by atoms with E-state index in [2.05, 4.69) is 35.3 Å². The minimum Gasteiger partial charge on any atom is -0.328 e. The third kappa shape index (κ3) is 3.37. The summed E-state index contributed by atoms with van der Waals surface area (Å²) >= 11 is 6.05. The van der Waals surface area contributed by atoms with E-state index < -0.39 is 0 Å². The molecule has 5 saturated carbocycles. The van der Waals surface area contributed by atoms with Gasteiger partial charge in [0, 0.05) is 18.1 Å². The highest BCUT2D eigenvalue weighted by atomic mass is 35.5. The van der Waals surface area contributed by atoms with Gasteiger partial charge in [-0.05, 0) is 98.9 Å². The molecular weight excluding hydrogens is 392 g/mol. The zero-order valence-electron chi connectivity index (χ0n) is 17.9. The van der Waals surface area contributed by atoms with Gasteiger partial charge in [0.25, 0.3) is 5.91 Å². The molecule has 5 fully saturated rings. The molecule has 30 heavy (non-hydrogen) atoms. The fourth-order valence-electron chi connectivity index (χ4n) is 7.83. The van der Waals surface area contributed by atoms with Crippen molar-refractivity contribution in [1.82, 2.24) is 0 Å². The van der Waals surface area contributed by atoms with Crippen LogP contribution in [0.4, 0.5) is 0 Å². The number of hydrogen-bond donors (Lipinski definition) is 1. The molecule has 3 nitrogen and oxygen atoms in total. The van der Waals surface area contributed by atoms with Crippen molar-refractivity contribution in [3.63, 3.8) is 0 Å². The quantitative estimate of drug-likeness (QED) is 0.482. The molecule has 0 saturated heterocycles. The van der Waals surface area contributed by atoms with Crippen LogP contribution in [0.25, 0.3) is 0 Å². The lowest BCUT2D eigenvalue weighted by molar-refractivity contribution is -0.129. The molecule has 0 aliphatic heterocycles. The van der Waals surface area contributed by atoms with Crippen molar-refractivity contribution in [2.24, 2.45) is 39.8 Å². The Bertz CT molecular complexity index is 803. The Morgan fingerprint density at radius 2 is 1.90 bits per heavy atom. The largest absolute Gasteiger partial charge is 0.328 e. The molecule has 2 N–H and O–H groups in total. The fourth-order valence-corrected chi connectivity index (χ4v) is 7.99. The van der Waals surface area contributed by atoms with Crippen LogP contribution in [0.5, 0.6) is 0 Å². The van der Waals surface area contributed by atoms with Crippen molar-refractivity contribution < 1.29 is 4.79 Å². The number of aliphatic imine (C=N–C) groups is 1. The van der Waals surface area contributed by atoms with E-state index >= 15 is 0 Å². The van der Waals surface area contributed by atoms with Gasteiger partial charge in [0.2, 0.25) is 0 Å². The van der Waals surface area contributed by atoms with Gasteiger partial charge in [-0.25, -0.2) is 4.99 Å². The Morgan fingerprint density at radius 1 is 1.13 bits per heavy atom. The van der Waals surface area contributed by atoms with Gasteiger partial charge in [-0.15, -0.1) is 11.6 Å². The Hall–Kier alpha value is -1.19. The number of halogens is 1. The molecule has 5 aliphatic carbocycles. The van der Waals surface area contributed by atoms with E-state index in [9.17, 15) is 4.79 Å². The standard InChI is InChI=1S/C26H35ClN2O/c27-12-4-7-22-19-13-25(20-5-2-1-3-6-20)15-23(22)26(14-19,17-25)24(30)29-16-18-8-10-21(28)11-9-18/h1-3,5-6,16,18-19,21-23H,4,7-15,17,28H2. The number of amides is 1. The van der Waals surface area contributed by atoms with Crippen molar-refractivity contribution in [3.8, 4) is 0 Å². The molecule has 0 radical (unpaired) electrons. The van der Waals surface area contributed by atoms with Crippen LogP contribution in [0.2, 0.25) is 0 Å². The van der Waals surface area contributed by atoms with Crippen molar-refractivity contribution in [1.29, 1.82) is 0 Å². The molecule has 4 bridgehead atoms. The highest BCUT2D eigenvalue weighted by Gasteiger charge is 2.70. The lowest BCUT2D eigenvalue weighted by Gasteiger charge is -2.43. The minimum absolute atomic E-state index is 0.176. The van der Waals surface area contributed by atoms with Gasteiger partial charge in [-0.2, -0.15) is 0 Å². The van der Waals surface area contributed by atoms with Gasteiger partial charge in [0.15, 0.2) is 0 Å². The van der Waals surface area contributed by atoms with E-state index in [0.29, 0.717) is 29.7 Å². The van der Waals surface area contributed by atoms with Gasteiger partial charge in [-0.3, -0.25) is 4.79 Å². The second-order valence-corrected chi connectivity index (χ2v) is 11.1. The lowest BCUT2D eigenvalue weighted by atomic mass is 9.61. The molecule has 1 aromatic rings.